The largest absolute Gasteiger partial charge is 0.327 e. The zero-order valence-electron chi connectivity index (χ0n) is 6.59. The van der Waals surface area contributed by atoms with Gasteiger partial charge in [-0.1, -0.05) is 12.2 Å². The second kappa shape index (κ2) is 8.37. The molecule has 2 N–H and O–H groups in total. The summed E-state index contributed by atoms with van der Waals surface area (Å²) in [7, 11) is 0. The minimum atomic E-state index is 0.650. The summed E-state index contributed by atoms with van der Waals surface area (Å²) in [5.41, 5.74) is 5.25. The van der Waals surface area contributed by atoms with Crippen LogP contribution in [0.4, 0.5) is 0 Å². The Morgan fingerprint density at radius 3 is 2.80 bits per heavy atom. The molecule has 0 saturated carbocycles. The van der Waals surface area contributed by atoms with E-state index >= 15 is 0 Å². The van der Waals surface area contributed by atoms with Gasteiger partial charge in [-0.15, -0.1) is 0 Å². The second-order valence-electron chi connectivity index (χ2n) is 2.01. The van der Waals surface area contributed by atoms with Crippen LogP contribution in [0.2, 0.25) is 0 Å². The van der Waals surface area contributed by atoms with E-state index < -0.39 is 0 Å². The summed E-state index contributed by atoms with van der Waals surface area (Å²) in [5.74, 6) is 0. The highest BCUT2D eigenvalue weighted by molar-refractivity contribution is 5.53. The molecular formula is C8H16N2. The van der Waals surface area contributed by atoms with Gasteiger partial charge in [-0.2, -0.15) is 0 Å². The van der Waals surface area contributed by atoms with Crippen molar-refractivity contribution >= 4 is 6.21 Å². The van der Waals surface area contributed by atoms with E-state index in [1.807, 2.05) is 19.2 Å². The second-order valence-corrected chi connectivity index (χ2v) is 2.01. The Morgan fingerprint density at radius 2 is 2.20 bits per heavy atom. The maximum absolute atomic E-state index is 5.25. The molecule has 0 aliphatic heterocycles. The van der Waals surface area contributed by atoms with Crippen molar-refractivity contribution in [3.63, 3.8) is 0 Å². The van der Waals surface area contributed by atoms with E-state index in [1.165, 1.54) is 0 Å². The minimum absolute atomic E-state index is 0.650. The summed E-state index contributed by atoms with van der Waals surface area (Å²) in [5, 5.41) is 0. The van der Waals surface area contributed by atoms with Gasteiger partial charge in [-0.25, -0.2) is 0 Å². The summed E-state index contributed by atoms with van der Waals surface area (Å²) in [4.78, 5) is 4.08. The molecule has 0 heterocycles. The summed E-state index contributed by atoms with van der Waals surface area (Å²) in [6, 6.07) is 0. The predicted molar refractivity (Wildman–Crippen MR) is 46.5 cm³/mol. The van der Waals surface area contributed by atoms with Crippen molar-refractivity contribution < 1.29 is 0 Å². The van der Waals surface area contributed by atoms with E-state index in [9.17, 15) is 0 Å². The summed E-state index contributed by atoms with van der Waals surface area (Å²) >= 11 is 0. The van der Waals surface area contributed by atoms with Crippen molar-refractivity contribution in [2.24, 2.45) is 10.7 Å². The molecule has 2 nitrogen and oxygen atoms in total. The lowest BCUT2D eigenvalue weighted by molar-refractivity contribution is 0.856. The highest BCUT2D eigenvalue weighted by atomic mass is 14.7. The zero-order chi connectivity index (χ0) is 7.66. The lowest BCUT2D eigenvalue weighted by atomic mass is 10.3. The van der Waals surface area contributed by atoms with Crippen molar-refractivity contribution in [1.29, 1.82) is 0 Å². The zero-order valence-corrected chi connectivity index (χ0v) is 6.59. The van der Waals surface area contributed by atoms with Crippen LogP contribution in [0.25, 0.3) is 0 Å². The molecule has 0 fully saturated rings. The molecule has 0 amide bonds. The molecule has 0 aliphatic rings. The number of nitrogens with zero attached hydrogens (tertiary/aromatic N) is 1. The van der Waals surface area contributed by atoms with Crippen LogP contribution in [-0.2, 0) is 0 Å². The van der Waals surface area contributed by atoms with Crippen molar-refractivity contribution in [2.75, 3.05) is 13.1 Å². The third kappa shape index (κ3) is 7.37. The van der Waals surface area contributed by atoms with Crippen molar-refractivity contribution in [1.82, 2.24) is 0 Å². The fourth-order valence-electron chi connectivity index (χ4n) is 0.644. The van der Waals surface area contributed by atoms with Crippen LogP contribution in [0.15, 0.2) is 17.1 Å². The van der Waals surface area contributed by atoms with Crippen LogP contribution in [0.3, 0.4) is 0 Å². The standard InChI is InChI=1S/C8H16N2/c1-2-10-8-6-4-3-5-7-9/h2-3,5H,4,6-9H2,1H3/b5-3-,10-2?. The molecule has 0 aliphatic carbocycles. The normalized spacial score (nSPS) is 11.8. The first-order chi connectivity index (χ1) is 4.91. The molecule has 0 aromatic carbocycles. The van der Waals surface area contributed by atoms with Crippen molar-refractivity contribution in [2.45, 2.75) is 19.8 Å². The van der Waals surface area contributed by atoms with Gasteiger partial charge in [0.15, 0.2) is 0 Å². The topological polar surface area (TPSA) is 38.4 Å². The van der Waals surface area contributed by atoms with E-state index in [-0.39, 0.29) is 0 Å². The third-order valence-electron chi connectivity index (χ3n) is 1.14. The van der Waals surface area contributed by atoms with Gasteiger partial charge < -0.3 is 5.73 Å². The van der Waals surface area contributed by atoms with Crippen LogP contribution >= 0.6 is 0 Å². The highest BCUT2D eigenvalue weighted by Crippen LogP contribution is 1.89. The van der Waals surface area contributed by atoms with Gasteiger partial charge in [0.1, 0.15) is 0 Å². The molecule has 0 atom stereocenters. The molecule has 0 spiro atoms. The highest BCUT2D eigenvalue weighted by Gasteiger charge is 1.78. The van der Waals surface area contributed by atoms with Crippen LogP contribution < -0.4 is 5.73 Å². The maximum Gasteiger partial charge on any atom is 0.0388 e. The molecule has 0 aromatic rings. The summed E-state index contributed by atoms with van der Waals surface area (Å²) in [6.45, 7) is 3.53. The molecule has 0 bridgehead atoms. The molecule has 2 heteroatoms. The quantitative estimate of drug-likeness (QED) is 0.349. The van der Waals surface area contributed by atoms with Gasteiger partial charge in [-0.3, -0.25) is 4.99 Å². The van der Waals surface area contributed by atoms with Crippen LogP contribution in [0.1, 0.15) is 19.8 Å². The molecule has 0 unspecified atom stereocenters. The Kier molecular flexibility index (Phi) is 7.84. The lowest BCUT2D eigenvalue weighted by Crippen LogP contribution is -1.92. The van der Waals surface area contributed by atoms with E-state index in [0.29, 0.717) is 6.54 Å². The number of unbranched alkanes of at least 4 members (excludes halogenated alkanes) is 1. The monoisotopic (exact) mass is 140 g/mol. The molecule has 0 aromatic heterocycles. The van der Waals surface area contributed by atoms with Gasteiger partial charge in [-0.05, 0) is 26.0 Å². The summed E-state index contributed by atoms with van der Waals surface area (Å²) in [6.07, 6.45) is 8.14. The van der Waals surface area contributed by atoms with E-state index in [1.54, 1.807) is 0 Å². The minimum Gasteiger partial charge on any atom is -0.327 e. The van der Waals surface area contributed by atoms with E-state index in [2.05, 4.69) is 11.1 Å². The first-order valence-electron chi connectivity index (χ1n) is 3.71. The number of aliphatic imine (C=N–C) groups is 1. The Balaban J connectivity index is 2.97. The molecule has 58 valence electrons. The van der Waals surface area contributed by atoms with Gasteiger partial charge in [0.25, 0.3) is 0 Å². The maximum atomic E-state index is 5.25. The average Bonchev–Trinajstić information content (AvgIpc) is 1.97. The SMILES string of the molecule is CC=NCCC/C=C\CN. The summed E-state index contributed by atoms with van der Waals surface area (Å²) < 4.78 is 0. The Morgan fingerprint density at radius 1 is 1.40 bits per heavy atom. The van der Waals surface area contributed by atoms with Gasteiger partial charge >= 0.3 is 0 Å². The number of rotatable bonds is 5. The molecule has 0 rings (SSSR count). The third-order valence-corrected chi connectivity index (χ3v) is 1.14. The lowest BCUT2D eigenvalue weighted by Gasteiger charge is -1.88. The first-order valence-corrected chi connectivity index (χ1v) is 3.71. The van der Waals surface area contributed by atoms with Gasteiger partial charge in [0.2, 0.25) is 0 Å². The van der Waals surface area contributed by atoms with Crippen LogP contribution in [0, 0.1) is 0 Å². The molecule has 0 radical (unpaired) electrons. The van der Waals surface area contributed by atoms with Gasteiger partial charge in [0.05, 0.1) is 0 Å². The smallest absolute Gasteiger partial charge is 0.0388 e. The molecule has 10 heavy (non-hydrogen) atoms. The number of hydrogen-bond acceptors (Lipinski definition) is 2. The fourth-order valence-corrected chi connectivity index (χ4v) is 0.644. The van der Waals surface area contributed by atoms with Gasteiger partial charge in [0, 0.05) is 13.1 Å². The van der Waals surface area contributed by atoms with Crippen LogP contribution in [0.5, 0.6) is 0 Å². The predicted octanol–water partition coefficient (Wildman–Crippen LogP) is 1.37. The Bertz CT molecular complexity index is 106. The van der Waals surface area contributed by atoms with Crippen molar-refractivity contribution in [3.05, 3.63) is 12.2 Å². The van der Waals surface area contributed by atoms with Crippen molar-refractivity contribution in [3.8, 4) is 0 Å². The molecule has 0 saturated heterocycles. The Hall–Kier alpha value is -0.630. The first kappa shape index (κ1) is 9.37. The average molecular weight is 140 g/mol. The number of allylic oxidation sites excluding steroid dienone is 1. The molecular weight excluding hydrogens is 124 g/mol. The van der Waals surface area contributed by atoms with Crippen LogP contribution in [-0.4, -0.2) is 19.3 Å². The number of nitrogens with two attached hydrogens (primary N) is 1. The number of hydrogen-bond donors (Lipinski definition) is 1. The van der Waals surface area contributed by atoms with E-state index in [4.69, 9.17) is 5.73 Å². The fraction of sp³-hybridized carbons (Fsp3) is 0.625. The Labute approximate surface area is 62.8 Å². The van der Waals surface area contributed by atoms with E-state index in [0.717, 1.165) is 19.4 Å².